The van der Waals surface area contributed by atoms with Crippen molar-refractivity contribution in [3.8, 4) is 0 Å². The third kappa shape index (κ3) is 3.92. The van der Waals surface area contributed by atoms with E-state index in [-0.39, 0.29) is 11.3 Å². The van der Waals surface area contributed by atoms with Crippen molar-refractivity contribution in [2.45, 2.75) is 34.1 Å². The Morgan fingerprint density at radius 3 is 2.70 bits per heavy atom. The lowest BCUT2D eigenvalue weighted by molar-refractivity contribution is 0.0510. The zero-order valence-corrected chi connectivity index (χ0v) is 17.4. The van der Waals surface area contributed by atoms with Gasteiger partial charge in [-0.3, -0.25) is 0 Å². The number of halogens is 1. The minimum atomic E-state index is -0.321. The van der Waals surface area contributed by atoms with Crippen molar-refractivity contribution >= 4 is 50.6 Å². The molecule has 7 heteroatoms. The van der Waals surface area contributed by atoms with Crippen LogP contribution in [0, 0.1) is 13.8 Å². The molecule has 2 heterocycles. The number of hydrogen-bond acceptors (Lipinski definition) is 6. The molecule has 0 aliphatic carbocycles. The van der Waals surface area contributed by atoms with Crippen molar-refractivity contribution in [1.29, 1.82) is 0 Å². The zero-order chi connectivity index (χ0) is 19.6. The Hall–Kier alpha value is -2.18. The Bertz CT molecular complexity index is 987. The van der Waals surface area contributed by atoms with E-state index in [2.05, 4.69) is 40.8 Å². The van der Waals surface area contributed by atoms with E-state index in [1.165, 1.54) is 11.3 Å². The maximum Gasteiger partial charge on any atom is 0.348 e. The number of aryl methyl sites for hydroxylation is 2. The van der Waals surface area contributed by atoms with Crippen LogP contribution in [-0.4, -0.2) is 29.1 Å². The average Bonchev–Trinajstić information content (AvgIpc) is 2.97. The summed E-state index contributed by atoms with van der Waals surface area (Å²) >= 11 is 7.51. The molecule has 0 amide bonds. The van der Waals surface area contributed by atoms with Gasteiger partial charge >= 0.3 is 5.97 Å². The molecule has 0 N–H and O–H groups in total. The van der Waals surface area contributed by atoms with Gasteiger partial charge in [-0.1, -0.05) is 19.1 Å². The highest BCUT2D eigenvalue weighted by Crippen LogP contribution is 2.39. The summed E-state index contributed by atoms with van der Waals surface area (Å²) in [7, 11) is 0. The standard InChI is InChI=1S/C20H22ClN3O2S/c1-5-10-26-19(25)16-13(4)15-17(22-20(21)23-18(15)27-16)24(6-2)14-9-7-8-12(3)11-14/h7-9,11H,5-6,10H2,1-4H3. The molecule has 3 rings (SSSR count). The quantitative estimate of drug-likeness (QED) is 0.391. The van der Waals surface area contributed by atoms with Crippen LogP contribution in [0.2, 0.25) is 5.28 Å². The molecule has 0 saturated carbocycles. The van der Waals surface area contributed by atoms with E-state index in [9.17, 15) is 4.79 Å². The zero-order valence-electron chi connectivity index (χ0n) is 15.9. The van der Waals surface area contributed by atoms with Gasteiger partial charge in [-0.25, -0.2) is 9.78 Å². The van der Waals surface area contributed by atoms with Gasteiger partial charge in [-0.15, -0.1) is 11.3 Å². The first kappa shape index (κ1) is 19.6. The highest BCUT2D eigenvalue weighted by atomic mass is 35.5. The molecule has 0 aliphatic rings. The van der Waals surface area contributed by atoms with Gasteiger partial charge in [0.05, 0.1) is 12.0 Å². The lowest BCUT2D eigenvalue weighted by atomic mass is 10.1. The summed E-state index contributed by atoms with van der Waals surface area (Å²) in [6.45, 7) is 9.09. The molecule has 0 spiro atoms. The fraction of sp³-hybridized carbons (Fsp3) is 0.350. The number of nitrogens with zero attached hydrogens (tertiary/aromatic N) is 3. The fourth-order valence-electron chi connectivity index (χ4n) is 2.99. The first-order valence-corrected chi connectivity index (χ1v) is 10.1. The molecule has 3 aromatic rings. The number of rotatable bonds is 6. The maximum atomic E-state index is 12.4. The van der Waals surface area contributed by atoms with Gasteiger partial charge < -0.3 is 9.64 Å². The number of anilines is 2. The molecule has 142 valence electrons. The summed E-state index contributed by atoms with van der Waals surface area (Å²) in [5, 5.41) is 1.01. The van der Waals surface area contributed by atoms with E-state index in [1.54, 1.807) is 0 Å². The van der Waals surface area contributed by atoms with Crippen LogP contribution in [0.1, 0.15) is 41.1 Å². The molecule has 1 aromatic carbocycles. The Balaban J connectivity index is 2.17. The number of benzene rings is 1. The number of carbonyl (C=O) groups excluding carboxylic acids is 1. The number of aromatic nitrogens is 2. The second-order valence-electron chi connectivity index (χ2n) is 6.27. The Morgan fingerprint density at radius 2 is 2.04 bits per heavy atom. The Morgan fingerprint density at radius 1 is 1.26 bits per heavy atom. The lowest BCUT2D eigenvalue weighted by Crippen LogP contribution is -2.18. The third-order valence-corrected chi connectivity index (χ3v) is 5.59. The summed E-state index contributed by atoms with van der Waals surface area (Å²) in [5.41, 5.74) is 3.01. The van der Waals surface area contributed by atoms with Crippen LogP contribution in [0.4, 0.5) is 11.5 Å². The van der Waals surface area contributed by atoms with Gasteiger partial charge in [-0.05, 0) is 62.1 Å². The van der Waals surface area contributed by atoms with Crippen molar-refractivity contribution in [2.75, 3.05) is 18.1 Å². The van der Waals surface area contributed by atoms with Crippen molar-refractivity contribution in [2.24, 2.45) is 0 Å². The van der Waals surface area contributed by atoms with Crippen LogP contribution < -0.4 is 4.90 Å². The molecule has 5 nitrogen and oxygen atoms in total. The number of carbonyl (C=O) groups is 1. The lowest BCUT2D eigenvalue weighted by Gasteiger charge is -2.23. The molecule has 0 atom stereocenters. The van der Waals surface area contributed by atoms with E-state index in [0.29, 0.717) is 28.7 Å². The van der Waals surface area contributed by atoms with Crippen LogP contribution >= 0.6 is 22.9 Å². The number of fused-ring (bicyclic) bond motifs is 1. The first-order valence-electron chi connectivity index (χ1n) is 8.94. The molecule has 0 fully saturated rings. The van der Waals surface area contributed by atoms with Crippen molar-refractivity contribution in [1.82, 2.24) is 9.97 Å². The topological polar surface area (TPSA) is 55.3 Å². The van der Waals surface area contributed by atoms with E-state index in [1.807, 2.05) is 26.0 Å². The predicted octanol–water partition coefficient (Wildman–Crippen LogP) is 5.69. The highest BCUT2D eigenvalue weighted by Gasteiger charge is 2.24. The minimum absolute atomic E-state index is 0.165. The smallest absolute Gasteiger partial charge is 0.348 e. The van der Waals surface area contributed by atoms with Gasteiger partial charge in [0, 0.05) is 12.2 Å². The first-order chi connectivity index (χ1) is 13.0. The average molecular weight is 404 g/mol. The van der Waals surface area contributed by atoms with Crippen molar-refractivity contribution < 1.29 is 9.53 Å². The largest absolute Gasteiger partial charge is 0.462 e. The molecule has 2 aromatic heterocycles. The highest BCUT2D eigenvalue weighted by molar-refractivity contribution is 7.20. The molecule has 27 heavy (non-hydrogen) atoms. The molecule has 0 aliphatic heterocycles. The molecular formula is C20H22ClN3O2S. The van der Waals surface area contributed by atoms with Gasteiger partial charge in [-0.2, -0.15) is 4.98 Å². The molecule has 0 bridgehead atoms. The van der Waals surface area contributed by atoms with Crippen LogP contribution in [0.5, 0.6) is 0 Å². The summed E-state index contributed by atoms with van der Waals surface area (Å²) in [6.07, 6.45) is 0.781. The van der Waals surface area contributed by atoms with E-state index < -0.39 is 0 Å². The summed E-state index contributed by atoms with van der Waals surface area (Å²) < 4.78 is 5.32. The minimum Gasteiger partial charge on any atom is -0.462 e. The molecule has 0 saturated heterocycles. The normalized spacial score (nSPS) is 11.0. The molecule has 0 radical (unpaired) electrons. The number of hydrogen-bond donors (Lipinski definition) is 0. The SMILES string of the molecule is CCCOC(=O)c1sc2nc(Cl)nc(N(CC)c3cccc(C)c3)c2c1C. The second kappa shape index (κ2) is 8.23. The number of thiophene rings is 1. The van der Waals surface area contributed by atoms with Crippen LogP contribution in [-0.2, 0) is 4.74 Å². The van der Waals surface area contributed by atoms with E-state index >= 15 is 0 Å². The Labute approximate surface area is 168 Å². The fourth-order valence-corrected chi connectivity index (χ4v) is 4.28. The van der Waals surface area contributed by atoms with Gasteiger partial charge in [0.1, 0.15) is 15.5 Å². The van der Waals surface area contributed by atoms with E-state index in [0.717, 1.165) is 28.6 Å². The monoisotopic (exact) mass is 403 g/mol. The van der Waals surface area contributed by atoms with Crippen LogP contribution in [0.3, 0.4) is 0 Å². The van der Waals surface area contributed by atoms with Crippen LogP contribution in [0.15, 0.2) is 24.3 Å². The van der Waals surface area contributed by atoms with Gasteiger partial charge in [0.15, 0.2) is 0 Å². The van der Waals surface area contributed by atoms with Crippen molar-refractivity contribution in [3.63, 3.8) is 0 Å². The summed E-state index contributed by atoms with van der Waals surface area (Å²) in [5.74, 6) is 0.388. The predicted molar refractivity (Wildman–Crippen MR) is 112 cm³/mol. The summed E-state index contributed by atoms with van der Waals surface area (Å²) in [6, 6.07) is 8.21. The third-order valence-electron chi connectivity index (χ3n) is 4.25. The molecular weight excluding hydrogens is 382 g/mol. The Kier molecular flexibility index (Phi) is 5.97. The second-order valence-corrected chi connectivity index (χ2v) is 7.61. The van der Waals surface area contributed by atoms with Crippen molar-refractivity contribution in [3.05, 3.63) is 45.6 Å². The van der Waals surface area contributed by atoms with Gasteiger partial charge in [0.2, 0.25) is 5.28 Å². The van der Waals surface area contributed by atoms with E-state index in [4.69, 9.17) is 16.3 Å². The summed E-state index contributed by atoms with van der Waals surface area (Å²) in [4.78, 5) is 24.6. The number of esters is 1. The molecule has 0 unspecified atom stereocenters. The van der Waals surface area contributed by atoms with Crippen LogP contribution in [0.25, 0.3) is 10.2 Å². The number of ether oxygens (including phenoxy) is 1. The maximum absolute atomic E-state index is 12.4. The van der Waals surface area contributed by atoms with Gasteiger partial charge in [0.25, 0.3) is 0 Å².